The fourth-order valence-electron chi connectivity index (χ4n) is 3.07. The third-order valence-corrected chi connectivity index (χ3v) is 4.33. The van der Waals surface area contributed by atoms with Crippen LogP contribution in [0.5, 0.6) is 0 Å². The van der Waals surface area contributed by atoms with E-state index in [9.17, 15) is 9.18 Å². The first kappa shape index (κ1) is 15.7. The summed E-state index contributed by atoms with van der Waals surface area (Å²) < 4.78 is 18.7. The highest BCUT2D eigenvalue weighted by molar-refractivity contribution is 6.07. The third kappa shape index (κ3) is 3.21. The first-order valence-corrected chi connectivity index (χ1v) is 8.22. The van der Waals surface area contributed by atoms with Crippen LogP contribution in [0.15, 0.2) is 48.5 Å². The van der Waals surface area contributed by atoms with Gasteiger partial charge in [-0.25, -0.2) is 4.39 Å². The molecule has 3 aromatic rings. The van der Waals surface area contributed by atoms with E-state index in [4.69, 9.17) is 4.74 Å². The number of hydrogen-bond donors (Lipinski definition) is 2. The van der Waals surface area contributed by atoms with Crippen molar-refractivity contribution in [2.24, 2.45) is 0 Å². The molecule has 1 aliphatic heterocycles. The zero-order valence-corrected chi connectivity index (χ0v) is 13.6. The molecule has 2 heterocycles. The number of hydrogen-bond acceptors (Lipinski definition) is 3. The van der Waals surface area contributed by atoms with Gasteiger partial charge >= 0.3 is 0 Å². The van der Waals surface area contributed by atoms with Gasteiger partial charge in [-0.15, -0.1) is 0 Å². The van der Waals surface area contributed by atoms with Gasteiger partial charge in [-0.3, -0.25) is 4.79 Å². The Labute approximate surface area is 144 Å². The van der Waals surface area contributed by atoms with Crippen LogP contribution in [-0.2, 0) is 4.74 Å². The Morgan fingerprint density at radius 2 is 1.92 bits per heavy atom. The molecule has 2 aromatic carbocycles. The minimum absolute atomic E-state index is 0.252. The molecule has 2 N–H and O–H groups in total. The Morgan fingerprint density at radius 1 is 1.12 bits per heavy atom. The van der Waals surface area contributed by atoms with Crippen molar-refractivity contribution in [3.8, 4) is 0 Å². The summed E-state index contributed by atoms with van der Waals surface area (Å²) in [6.45, 7) is 2.93. The summed E-state index contributed by atoms with van der Waals surface area (Å²) in [6.07, 6.45) is 0. The van der Waals surface area contributed by atoms with Crippen molar-refractivity contribution in [2.75, 3.05) is 36.5 Å². The van der Waals surface area contributed by atoms with Gasteiger partial charge in [0.05, 0.1) is 24.6 Å². The fourth-order valence-corrected chi connectivity index (χ4v) is 3.07. The number of rotatable bonds is 3. The topological polar surface area (TPSA) is 57.4 Å². The molecule has 0 spiro atoms. The van der Waals surface area contributed by atoms with Crippen molar-refractivity contribution < 1.29 is 13.9 Å². The molecule has 0 saturated carbocycles. The number of anilines is 2. The Bertz CT molecular complexity index is 916. The number of fused-ring (bicyclic) bond motifs is 1. The van der Waals surface area contributed by atoms with Crippen LogP contribution in [0.2, 0.25) is 0 Å². The number of H-pyrrole nitrogens is 1. The largest absolute Gasteiger partial charge is 0.378 e. The zero-order valence-electron chi connectivity index (χ0n) is 13.6. The molecule has 4 rings (SSSR count). The summed E-state index contributed by atoms with van der Waals surface area (Å²) >= 11 is 0. The number of benzene rings is 2. The average Bonchev–Trinajstić information content (AvgIpc) is 3.06. The second-order valence-corrected chi connectivity index (χ2v) is 5.99. The predicted molar refractivity (Wildman–Crippen MR) is 95.7 cm³/mol. The van der Waals surface area contributed by atoms with Crippen molar-refractivity contribution in [3.63, 3.8) is 0 Å². The summed E-state index contributed by atoms with van der Waals surface area (Å²) in [7, 11) is 0. The molecule has 0 aliphatic carbocycles. The molecule has 0 bridgehead atoms. The Hall–Kier alpha value is -2.86. The highest BCUT2D eigenvalue weighted by Crippen LogP contribution is 2.27. The number of ether oxygens (including phenoxy) is 1. The number of nitrogens with one attached hydrogen (secondary N) is 2. The Balaban J connectivity index is 1.59. The molecule has 0 atom stereocenters. The van der Waals surface area contributed by atoms with E-state index in [0.717, 1.165) is 29.9 Å². The molecular weight excluding hydrogens is 321 g/mol. The second kappa shape index (κ2) is 6.57. The number of amides is 1. The van der Waals surface area contributed by atoms with Crippen LogP contribution in [0.3, 0.4) is 0 Å². The summed E-state index contributed by atoms with van der Waals surface area (Å²) in [5, 5.41) is 3.75. The van der Waals surface area contributed by atoms with Crippen LogP contribution in [0, 0.1) is 5.82 Å². The molecule has 1 amide bonds. The lowest BCUT2D eigenvalue weighted by atomic mass is 10.2. The molecule has 5 nitrogen and oxygen atoms in total. The van der Waals surface area contributed by atoms with E-state index in [2.05, 4.69) is 15.2 Å². The van der Waals surface area contributed by atoms with Crippen molar-refractivity contribution in [2.45, 2.75) is 0 Å². The van der Waals surface area contributed by atoms with E-state index in [0.29, 0.717) is 24.4 Å². The predicted octanol–water partition coefficient (Wildman–Crippen LogP) is 3.40. The van der Waals surface area contributed by atoms with Crippen LogP contribution in [-0.4, -0.2) is 37.2 Å². The lowest BCUT2D eigenvalue weighted by molar-refractivity contribution is 0.102. The third-order valence-electron chi connectivity index (χ3n) is 4.33. The van der Waals surface area contributed by atoms with Crippen molar-refractivity contribution in [3.05, 3.63) is 60.0 Å². The number of nitrogens with zero attached hydrogens (tertiary/aromatic N) is 1. The van der Waals surface area contributed by atoms with Gasteiger partial charge in [0.1, 0.15) is 11.5 Å². The van der Waals surface area contributed by atoms with E-state index >= 15 is 0 Å². The van der Waals surface area contributed by atoms with Crippen LogP contribution < -0.4 is 10.2 Å². The van der Waals surface area contributed by atoms with Crippen LogP contribution in [0.4, 0.5) is 15.8 Å². The number of para-hydroxylation sites is 2. The summed E-state index contributed by atoms with van der Waals surface area (Å²) in [5.74, 6) is -0.587. The van der Waals surface area contributed by atoms with Crippen molar-refractivity contribution >= 4 is 28.2 Å². The Kier molecular flexibility index (Phi) is 4.11. The van der Waals surface area contributed by atoms with Gasteiger partial charge in [0.2, 0.25) is 0 Å². The molecule has 1 aliphatic rings. The molecule has 1 aromatic heterocycles. The molecule has 0 unspecified atom stereocenters. The highest BCUT2D eigenvalue weighted by Gasteiger charge is 2.17. The maximum Gasteiger partial charge on any atom is 0.272 e. The van der Waals surface area contributed by atoms with E-state index < -0.39 is 0 Å². The summed E-state index contributed by atoms with van der Waals surface area (Å²) in [4.78, 5) is 17.8. The summed E-state index contributed by atoms with van der Waals surface area (Å²) in [6, 6.07) is 13.8. The monoisotopic (exact) mass is 339 g/mol. The number of aromatic amines is 1. The molecule has 0 radical (unpaired) electrons. The number of halogens is 1. The highest BCUT2D eigenvalue weighted by atomic mass is 19.1. The van der Waals surface area contributed by atoms with Gasteiger partial charge in [0.25, 0.3) is 5.91 Å². The molecule has 1 saturated heterocycles. The fraction of sp³-hybridized carbons (Fsp3) is 0.211. The quantitative estimate of drug-likeness (QED) is 0.769. The van der Waals surface area contributed by atoms with Crippen LogP contribution >= 0.6 is 0 Å². The number of carbonyl (C=O) groups is 1. The second-order valence-electron chi connectivity index (χ2n) is 5.99. The number of aromatic nitrogens is 1. The van der Waals surface area contributed by atoms with Crippen LogP contribution in [0.25, 0.3) is 10.9 Å². The van der Waals surface area contributed by atoms with Gasteiger partial charge in [-0.1, -0.05) is 12.1 Å². The number of carbonyl (C=O) groups excluding carboxylic acids is 1. The minimum atomic E-state index is -0.334. The SMILES string of the molecule is O=C(Nc1ccccc1N1CCOCC1)c1cc2ccc(F)cc2[nH]1. The molecule has 1 fully saturated rings. The minimum Gasteiger partial charge on any atom is -0.378 e. The van der Waals surface area contributed by atoms with Gasteiger partial charge in [0.15, 0.2) is 0 Å². The lowest BCUT2D eigenvalue weighted by Crippen LogP contribution is -2.36. The van der Waals surface area contributed by atoms with Crippen molar-refractivity contribution in [1.29, 1.82) is 0 Å². The van der Waals surface area contributed by atoms with Gasteiger partial charge < -0.3 is 19.9 Å². The maximum absolute atomic E-state index is 13.3. The maximum atomic E-state index is 13.3. The normalized spacial score (nSPS) is 14.7. The van der Waals surface area contributed by atoms with Crippen LogP contribution in [0.1, 0.15) is 10.5 Å². The van der Waals surface area contributed by atoms with Gasteiger partial charge in [-0.2, -0.15) is 0 Å². The van der Waals surface area contributed by atoms with Crippen molar-refractivity contribution in [1.82, 2.24) is 4.98 Å². The Morgan fingerprint density at radius 3 is 2.76 bits per heavy atom. The van der Waals surface area contributed by atoms with E-state index in [-0.39, 0.29) is 11.7 Å². The standard InChI is InChI=1S/C19H18FN3O2/c20-14-6-5-13-11-17(21-16(13)12-14)19(24)22-15-3-1-2-4-18(15)23-7-9-25-10-8-23/h1-6,11-12,21H,7-10H2,(H,22,24). The van der Waals surface area contributed by atoms with Gasteiger partial charge in [0, 0.05) is 24.0 Å². The van der Waals surface area contributed by atoms with E-state index in [1.54, 1.807) is 12.1 Å². The van der Waals surface area contributed by atoms with E-state index in [1.807, 2.05) is 24.3 Å². The summed E-state index contributed by atoms with van der Waals surface area (Å²) in [5.41, 5.74) is 2.73. The van der Waals surface area contributed by atoms with E-state index in [1.165, 1.54) is 12.1 Å². The first-order valence-electron chi connectivity index (χ1n) is 8.22. The average molecular weight is 339 g/mol. The number of morpholine rings is 1. The molecular formula is C19H18FN3O2. The zero-order chi connectivity index (χ0) is 17.2. The molecule has 128 valence electrons. The first-order chi connectivity index (χ1) is 12.2. The molecule has 6 heteroatoms. The smallest absolute Gasteiger partial charge is 0.272 e. The molecule has 25 heavy (non-hydrogen) atoms. The van der Waals surface area contributed by atoms with Gasteiger partial charge in [-0.05, 0) is 36.4 Å². The lowest BCUT2D eigenvalue weighted by Gasteiger charge is -2.30.